The van der Waals surface area contributed by atoms with Gasteiger partial charge in [-0.05, 0) is 43.9 Å². The van der Waals surface area contributed by atoms with E-state index in [4.69, 9.17) is 16.3 Å². The molecule has 1 aliphatic rings. The predicted octanol–water partition coefficient (Wildman–Crippen LogP) is 3.53. The van der Waals surface area contributed by atoms with Gasteiger partial charge in [0.15, 0.2) is 0 Å². The van der Waals surface area contributed by atoms with E-state index >= 15 is 0 Å². The summed E-state index contributed by atoms with van der Waals surface area (Å²) in [4.78, 5) is 27.6. The largest absolute Gasteiger partial charge is 0.384 e. The SMILES string of the molecule is COC(C)(C)CNC(=O)NC(C(=O)N1CCC(O)(c2ccc(Cl)cc2)C(C)(C)C1)C(C)C. The maximum Gasteiger partial charge on any atom is 0.315 e. The molecular weight excluding hydrogens is 430 g/mol. The minimum atomic E-state index is -1.09. The van der Waals surface area contributed by atoms with Crippen molar-refractivity contribution in [1.29, 1.82) is 0 Å². The monoisotopic (exact) mass is 467 g/mol. The first-order valence-electron chi connectivity index (χ1n) is 11.1. The fourth-order valence-electron chi connectivity index (χ4n) is 4.04. The van der Waals surface area contributed by atoms with Crippen molar-refractivity contribution >= 4 is 23.5 Å². The van der Waals surface area contributed by atoms with Crippen molar-refractivity contribution in [2.75, 3.05) is 26.7 Å². The number of rotatable bonds is 7. The number of carbonyl (C=O) groups excluding carboxylic acids is 2. The van der Waals surface area contributed by atoms with Gasteiger partial charge in [-0.3, -0.25) is 4.79 Å². The molecule has 0 saturated carbocycles. The highest BCUT2D eigenvalue weighted by molar-refractivity contribution is 6.30. The van der Waals surface area contributed by atoms with Crippen LogP contribution >= 0.6 is 11.6 Å². The zero-order chi connectivity index (χ0) is 24.3. The molecule has 32 heavy (non-hydrogen) atoms. The molecule has 0 radical (unpaired) electrons. The van der Waals surface area contributed by atoms with Crippen molar-refractivity contribution < 1.29 is 19.4 Å². The number of methoxy groups -OCH3 is 1. The molecule has 0 spiro atoms. The van der Waals surface area contributed by atoms with Crippen molar-refractivity contribution in [2.45, 2.75) is 65.2 Å². The number of carbonyl (C=O) groups is 2. The molecule has 8 heteroatoms. The average molecular weight is 468 g/mol. The van der Waals surface area contributed by atoms with Crippen LogP contribution in [0.25, 0.3) is 0 Å². The molecule has 0 aliphatic carbocycles. The fraction of sp³-hybridized carbons (Fsp3) is 0.667. The predicted molar refractivity (Wildman–Crippen MR) is 127 cm³/mol. The van der Waals surface area contributed by atoms with Crippen LogP contribution < -0.4 is 10.6 Å². The van der Waals surface area contributed by atoms with E-state index < -0.39 is 28.7 Å². The standard InChI is InChI=1S/C24H38ClN3O4/c1-16(2)19(27-21(30)26-14-23(5,6)32-7)20(29)28-13-12-24(31,22(3,4)15-28)17-8-10-18(25)11-9-17/h8-11,16,19,31H,12-15H2,1-7H3,(H2,26,27,30). The van der Waals surface area contributed by atoms with Crippen LogP contribution in [-0.4, -0.2) is 60.3 Å². The number of hydrogen-bond acceptors (Lipinski definition) is 4. The van der Waals surface area contributed by atoms with E-state index in [9.17, 15) is 14.7 Å². The summed E-state index contributed by atoms with van der Waals surface area (Å²) < 4.78 is 5.32. The maximum absolute atomic E-state index is 13.4. The van der Waals surface area contributed by atoms with Crippen molar-refractivity contribution in [3.8, 4) is 0 Å². The summed E-state index contributed by atoms with van der Waals surface area (Å²) in [6.45, 7) is 12.5. The van der Waals surface area contributed by atoms with Crippen LogP contribution in [0.4, 0.5) is 4.79 Å². The van der Waals surface area contributed by atoms with Crippen molar-refractivity contribution in [1.82, 2.24) is 15.5 Å². The zero-order valence-electron chi connectivity index (χ0n) is 20.3. The number of benzene rings is 1. The van der Waals surface area contributed by atoms with Gasteiger partial charge in [0.25, 0.3) is 0 Å². The Bertz CT molecular complexity index is 810. The lowest BCUT2D eigenvalue weighted by atomic mass is 9.66. The summed E-state index contributed by atoms with van der Waals surface area (Å²) in [5.74, 6) is -0.240. The third kappa shape index (κ3) is 5.94. The van der Waals surface area contributed by atoms with Crippen LogP contribution in [0.3, 0.4) is 0 Å². The van der Waals surface area contributed by atoms with Gasteiger partial charge in [0.1, 0.15) is 6.04 Å². The molecule has 1 aliphatic heterocycles. The Balaban J connectivity index is 2.11. The molecule has 3 N–H and O–H groups in total. The average Bonchev–Trinajstić information content (AvgIpc) is 2.72. The molecule has 180 valence electrons. The second-order valence-corrected chi connectivity index (χ2v) is 10.7. The molecular formula is C24H38ClN3O4. The van der Waals surface area contributed by atoms with Crippen LogP contribution in [0.2, 0.25) is 5.02 Å². The second-order valence-electron chi connectivity index (χ2n) is 10.3. The smallest absolute Gasteiger partial charge is 0.315 e. The Hall–Kier alpha value is -1.83. The Kier molecular flexibility index (Phi) is 8.24. The highest BCUT2D eigenvalue weighted by atomic mass is 35.5. The fourth-order valence-corrected chi connectivity index (χ4v) is 4.16. The van der Waals surface area contributed by atoms with E-state index in [1.807, 2.05) is 53.7 Å². The van der Waals surface area contributed by atoms with Crippen molar-refractivity contribution in [3.05, 3.63) is 34.9 Å². The Morgan fingerprint density at radius 1 is 1.25 bits per heavy atom. The number of aliphatic hydroxyl groups is 1. The number of piperidine rings is 1. The summed E-state index contributed by atoms with van der Waals surface area (Å²) in [7, 11) is 1.59. The molecule has 2 atom stereocenters. The third-order valence-corrected chi connectivity index (χ3v) is 6.78. The van der Waals surface area contributed by atoms with Gasteiger partial charge in [-0.15, -0.1) is 0 Å². The summed E-state index contributed by atoms with van der Waals surface area (Å²) >= 11 is 6.01. The number of likely N-dealkylation sites (tertiary alicyclic amines) is 1. The van der Waals surface area contributed by atoms with Crippen LogP contribution in [0.15, 0.2) is 24.3 Å². The Labute approximate surface area is 196 Å². The quantitative estimate of drug-likeness (QED) is 0.572. The molecule has 1 aromatic carbocycles. The molecule has 0 bridgehead atoms. The van der Waals surface area contributed by atoms with Gasteiger partial charge in [-0.2, -0.15) is 0 Å². The van der Waals surface area contributed by atoms with Crippen LogP contribution in [0.1, 0.15) is 53.5 Å². The van der Waals surface area contributed by atoms with Gasteiger partial charge in [-0.25, -0.2) is 4.79 Å². The number of amides is 3. The molecule has 1 fully saturated rings. The lowest BCUT2D eigenvalue weighted by Crippen LogP contribution is -2.61. The second kappa shape index (κ2) is 9.98. The van der Waals surface area contributed by atoms with Crippen LogP contribution in [0.5, 0.6) is 0 Å². The molecule has 1 saturated heterocycles. The van der Waals surface area contributed by atoms with E-state index in [1.165, 1.54) is 0 Å². The zero-order valence-corrected chi connectivity index (χ0v) is 21.0. The van der Waals surface area contributed by atoms with Gasteiger partial charge in [-0.1, -0.05) is 51.4 Å². The van der Waals surface area contributed by atoms with Crippen molar-refractivity contribution in [3.63, 3.8) is 0 Å². The molecule has 2 unspecified atom stereocenters. The van der Waals surface area contributed by atoms with Gasteiger partial charge >= 0.3 is 6.03 Å². The maximum atomic E-state index is 13.4. The minimum Gasteiger partial charge on any atom is -0.384 e. The minimum absolute atomic E-state index is 0.0936. The van der Waals surface area contributed by atoms with Gasteiger partial charge in [0.05, 0.1) is 11.2 Å². The first-order valence-corrected chi connectivity index (χ1v) is 11.5. The number of nitrogens with zero attached hydrogens (tertiary/aromatic N) is 1. The normalized spacial score (nSPS) is 21.9. The summed E-state index contributed by atoms with van der Waals surface area (Å²) in [5.41, 5.74) is -1.39. The van der Waals surface area contributed by atoms with Gasteiger partial charge < -0.3 is 25.4 Å². The summed E-state index contributed by atoms with van der Waals surface area (Å²) in [6.07, 6.45) is 0.395. The first kappa shape index (κ1) is 26.4. The molecule has 1 heterocycles. The van der Waals surface area contributed by atoms with E-state index in [2.05, 4.69) is 10.6 Å². The lowest BCUT2D eigenvalue weighted by Gasteiger charge is -2.51. The molecule has 2 rings (SSSR count). The van der Waals surface area contributed by atoms with Gasteiger partial charge in [0.2, 0.25) is 5.91 Å². The lowest BCUT2D eigenvalue weighted by molar-refractivity contribution is -0.155. The van der Waals surface area contributed by atoms with Crippen molar-refractivity contribution in [2.24, 2.45) is 11.3 Å². The number of urea groups is 1. The third-order valence-electron chi connectivity index (χ3n) is 6.53. The highest BCUT2D eigenvalue weighted by Gasteiger charge is 2.50. The molecule has 1 aromatic rings. The van der Waals surface area contributed by atoms with Gasteiger partial charge in [0, 0.05) is 37.2 Å². The molecule has 3 amide bonds. The Morgan fingerprint density at radius 2 is 1.84 bits per heavy atom. The summed E-state index contributed by atoms with van der Waals surface area (Å²) in [5, 5.41) is 17.8. The topological polar surface area (TPSA) is 90.9 Å². The highest BCUT2D eigenvalue weighted by Crippen LogP contribution is 2.46. The molecule has 0 aromatic heterocycles. The molecule has 7 nitrogen and oxygen atoms in total. The Morgan fingerprint density at radius 3 is 2.34 bits per heavy atom. The number of nitrogens with one attached hydrogen (secondary N) is 2. The van der Waals surface area contributed by atoms with Crippen LogP contribution in [0, 0.1) is 11.3 Å². The first-order chi connectivity index (χ1) is 14.7. The van der Waals surface area contributed by atoms with E-state index in [0.29, 0.717) is 31.1 Å². The summed E-state index contributed by atoms with van der Waals surface area (Å²) in [6, 6.07) is 6.14. The number of halogens is 1. The number of hydrogen-bond donors (Lipinski definition) is 3. The van der Waals surface area contributed by atoms with Crippen LogP contribution in [-0.2, 0) is 15.1 Å². The van der Waals surface area contributed by atoms with E-state index in [0.717, 1.165) is 5.56 Å². The number of ether oxygens (including phenoxy) is 1. The van der Waals surface area contributed by atoms with E-state index in [1.54, 1.807) is 24.1 Å². The van der Waals surface area contributed by atoms with E-state index in [-0.39, 0.29) is 11.8 Å².